The van der Waals surface area contributed by atoms with Crippen LogP contribution in [0, 0.1) is 5.92 Å². The summed E-state index contributed by atoms with van der Waals surface area (Å²) in [6.45, 7) is 1.05. The highest BCUT2D eigenvalue weighted by Crippen LogP contribution is 2.25. The smallest absolute Gasteiger partial charge is 0.276 e. The molecule has 2 heterocycles. The van der Waals surface area contributed by atoms with Gasteiger partial charge < -0.3 is 9.42 Å². The van der Waals surface area contributed by atoms with Gasteiger partial charge in [0.2, 0.25) is 0 Å². The number of likely N-dealkylation sites (tertiary alicyclic amines) is 1. The summed E-state index contributed by atoms with van der Waals surface area (Å²) in [4.78, 5) is 27.1. The second-order valence-electron chi connectivity index (χ2n) is 6.88. The summed E-state index contributed by atoms with van der Waals surface area (Å²) in [5.74, 6) is 0.430. The van der Waals surface area contributed by atoms with E-state index in [1.807, 2.05) is 30.3 Å². The topological polar surface area (TPSA) is 63.4 Å². The number of ketones is 1. The monoisotopic (exact) mass is 394 g/mol. The third-order valence-corrected chi connectivity index (χ3v) is 5.32. The van der Waals surface area contributed by atoms with Gasteiger partial charge >= 0.3 is 0 Å². The van der Waals surface area contributed by atoms with Crippen molar-refractivity contribution in [2.75, 3.05) is 13.1 Å². The van der Waals surface area contributed by atoms with E-state index in [9.17, 15) is 9.59 Å². The van der Waals surface area contributed by atoms with Crippen LogP contribution in [0.2, 0.25) is 5.02 Å². The number of hydrogen-bond donors (Lipinski definition) is 0. The van der Waals surface area contributed by atoms with Gasteiger partial charge in [0.05, 0.1) is 0 Å². The quantitative estimate of drug-likeness (QED) is 0.600. The largest absolute Gasteiger partial charge is 0.355 e. The van der Waals surface area contributed by atoms with Crippen LogP contribution in [0.5, 0.6) is 0 Å². The minimum atomic E-state index is -0.164. The van der Waals surface area contributed by atoms with E-state index in [1.54, 1.807) is 35.2 Å². The van der Waals surface area contributed by atoms with Gasteiger partial charge in [-0.3, -0.25) is 9.59 Å². The minimum absolute atomic E-state index is 0.0811. The van der Waals surface area contributed by atoms with Crippen molar-refractivity contribution in [2.24, 2.45) is 5.92 Å². The van der Waals surface area contributed by atoms with Crippen LogP contribution < -0.4 is 0 Å². The first kappa shape index (κ1) is 18.4. The number of nitrogens with zero attached hydrogens (tertiary/aromatic N) is 2. The van der Waals surface area contributed by atoms with Crippen molar-refractivity contribution in [2.45, 2.75) is 12.8 Å². The summed E-state index contributed by atoms with van der Waals surface area (Å²) >= 11 is 5.89. The zero-order valence-corrected chi connectivity index (χ0v) is 15.9. The first-order valence-corrected chi connectivity index (χ1v) is 9.61. The number of benzene rings is 2. The Hall–Kier alpha value is -2.92. The van der Waals surface area contributed by atoms with Crippen LogP contribution in [0.15, 0.2) is 65.2 Å². The fraction of sp³-hybridized carbons (Fsp3) is 0.227. The molecule has 1 fully saturated rings. The van der Waals surface area contributed by atoms with Gasteiger partial charge in [-0.15, -0.1) is 0 Å². The number of aromatic nitrogens is 1. The Bertz CT molecular complexity index is 975. The highest BCUT2D eigenvalue weighted by molar-refractivity contribution is 6.30. The van der Waals surface area contributed by atoms with E-state index in [1.165, 1.54) is 0 Å². The fourth-order valence-electron chi connectivity index (χ4n) is 3.47. The highest BCUT2D eigenvalue weighted by Gasteiger charge is 2.29. The van der Waals surface area contributed by atoms with Crippen LogP contribution in [0.1, 0.15) is 33.7 Å². The Labute approximate surface area is 167 Å². The number of Topliss-reactive ketones (excluding diaryl/α,β-unsaturated/α-hetero) is 1. The molecule has 1 aliphatic rings. The molecule has 1 aliphatic heterocycles. The number of hydrogen-bond acceptors (Lipinski definition) is 4. The van der Waals surface area contributed by atoms with E-state index in [2.05, 4.69) is 5.16 Å². The van der Waals surface area contributed by atoms with Crippen LogP contribution in [-0.2, 0) is 0 Å². The molecule has 28 heavy (non-hydrogen) atoms. The summed E-state index contributed by atoms with van der Waals surface area (Å²) in [5, 5.41) is 4.54. The molecule has 0 spiro atoms. The molecule has 2 aromatic carbocycles. The maximum atomic E-state index is 12.7. The number of amides is 1. The summed E-state index contributed by atoms with van der Waals surface area (Å²) < 4.78 is 5.33. The molecule has 142 valence electrons. The molecule has 0 N–H and O–H groups in total. The molecule has 1 aromatic heterocycles. The molecule has 0 saturated carbocycles. The van der Waals surface area contributed by atoms with Crippen molar-refractivity contribution >= 4 is 23.3 Å². The van der Waals surface area contributed by atoms with Crippen LogP contribution in [0.3, 0.4) is 0 Å². The molecule has 0 atom stereocenters. The van der Waals surface area contributed by atoms with Gasteiger partial charge in [-0.05, 0) is 37.1 Å². The number of halogens is 1. The van der Waals surface area contributed by atoms with Gasteiger partial charge in [-0.25, -0.2) is 0 Å². The molecule has 5 nitrogen and oxygen atoms in total. The Balaban J connectivity index is 1.38. The zero-order valence-electron chi connectivity index (χ0n) is 15.2. The van der Waals surface area contributed by atoms with Crippen molar-refractivity contribution in [1.82, 2.24) is 10.1 Å². The Morgan fingerprint density at radius 2 is 1.68 bits per heavy atom. The van der Waals surface area contributed by atoms with Gasteiger partial charge in [-0.1, -0.05) is 47.1 Å². The molecule has 4 rings (SSSR count). The average molecular weight is 395 g/mol. The predicted molar refractivity (Wildman–Crippen MR) is 106 cm³/mol. The van der Waals surface area contributed by atoms with Gasteiger partial charge in [-0.2, -0.15) is 0 Å². The standard InChI is InChI=1S/C22H19ClN2O3/c23-18-8-6-16(7-9-18)21(26)17-10-12-25(13-11-17)22(27)19-14-20(28-24-19)15-4-2-1-3-5-15/h1-9,14,17H,10-13H2. The molecule has 0 radical (unpaired) electrons. The Morgan fingerprint density at radius 1 is 1.00 bits per heavy atom. The first-order valence-electron chi connectivity index (χ1n) is 9.23. The van der Waals surface area contributed by atoms with Gasteiger partial charge in [0.15, 0.2) is 17.2 Å². The van der Waals surface area contributed by atoms with E-state index in [0.717, 1.165) is 5.56 Å². The molecule has 1 saturated heterocycles. The van der Waals surface area contributed by atoms with Gasteiger partial charge in [0.1, 0.15) is 0 Å². The summed E-state index contributed by atoms with van der Waals surface area (Å²) in [6.07, 6.45) is 1.27. The molecule has 0 bridgehead atoms. The van der Waals surface area contributed by atoms with E-state index < -0.39 is 0 Å². The maximum absolute atomic E-state index is 12.7. The lowest BCUT2D eigenvalue weighted by Crippen LogP contribution is -2.40. The third-order valence-electron chi connectivity index (χ3n) is 5.07. The SMILES string of the molecule is O=C(c1ccc(Cl)cc1)C1CCN(C(=O)c2cc(-c3ccccc3)on2)CC1. The lowest BCUT2D eigenvalue weighted by atomic mass is 9.89. The minimum Gasteiger partial charge on any atom is -0.355 e. The van der Waals surface area contributed by atoms with E-state index in [4.69, 9.17) is 16.1 Å². The second kappa shape index (κ2) is 7.98. The Kier molecular flexibility index (Phi) is 5.26. The molecule has 0 aliphatic carbocycles. The number of rotatable bonds is 4. The first-order chi connectivity index (χ1) is 13.6. The molecule has 0 unspecified atom stereocenters. The van der Waals surface area contributed by atoms with Crippen molar-refractivity contribution in [3.8, 4) is 11.3 Å². The third kappa shape index (κ3) is 3.85. The Morgan fingerprint density at radius 3 is 2.36 bits per heavy atom. The molecular weight excluding hydrogens is 376 g/mol. The van der Waals surface area contributed by atoms with Crippen molar-refractivity contribution in [3.05, 3.63) is 76.9 Å². The van der Waals surface area contributed by atoms with E-state index in [0.29, 0.717) is 48.0 Å². The molecule has 3 aromatic rings. The van der Waals surface area contributed by atoms with Crippen LogP contribution in [0.4, 0.5) is 0 Å². The summed E-state index contributed by atoms with van der Waals surface area (Å²) in [7, 11) is 0. The summed E-state index contributed by atoms with van der Waals surface area (Å²) in [5.41, 5.74) is 1.83. The van der Waals surface area contributed by atoms with Crippen molar-refractivity contribution < 1.29 is 14.1 Å². The normalized spacial score (nSPS) is 14.8. The average Bonchev–Trinajstić information content (AvgIpc) is 3.24. The van der Waals surface area contributed by atoms with Crippen LogP contribution in [0.25, 0.3) is 11.3 Å². The van der Waals surface area contributed by atoms with Crippen LogP contribution in [-0.4, -0.2) is 34.8 Å². The van der Waals surface area contributed by atoms with Crippen molar-refractivity contribution in [3.63, 3.8) is 0 Å². The van der Waals surface area contributed by atoms with E-state index >= 15 is 0 Å². The molecule has 1 amide bonds. The van der Waals surface area contributed by atoms with Crippen molar-refractivity contribution in [1.29, 1.82) is 0 Å². The zero-order chi connectivity index (χ0) is 19.5. The summed E-state index contributed by atoms with van der Waals surface area (Å²) in [6, 6.07) is 18.2. The fourth-order valence-corrected chi connectivity index (χ4v) is 3.60. The maximum Gasteiger partial charge on any atom is 0.276 e. The van der Waals surface area contributed by atoms with E-state index in [-0.39, 0.29) is 17.6 Å². The second-order valence-corrected chi connectivity index (χ2v) is 7.32. The number of carbonyl (C=O) groups is 2. The van der Waals surface area contributed by atoms with Gasteiger partial charge in [0.25, 0.3) is 5.91 Å². The lowest BCUT2D eigenvalue weighted by molar-refractivity contribution is 0.0642. The predicted octanol–water partition coefficient (Wildman–Crippen LogP) is 4.73. The lowest BCUT2D eigenvalue weighted by Gasteiger charge is -2.30. The number of carbonyl (C=O) groups excluding carboxylic acids is 2. The molecule has 6 heteroatoms. The van der Waals surface area contributed by atoms with Crippen LogP contribution >= 0.6 is 11.6 Å². The highest BCUT2D eigenvalue weighted by atomic mass is 35.5. The van der Waals surface area contributed by atoms with Gasteiger partial charge in [0, 0.05) is 41.2 Å². The molecular formula is C22H19ClN2O3. The number of piperidine rings is 1.